The largest absolute Gasteiger partial charge is 0.481 e. The Balaban J connectivity index is 0.000000286. The van der Waals surface area contributed by atoms with Gasteiger partial charge in [-0.1, -0.05) is 80.9 Å². The van der Waals surface area contributed by atoms with Crippen LogP contribution in [-0.2, 0) is 51.2 Å². The number of aryl methyl sites for hydroxylation is 2. The van der Waals surface area contributed by atoms with Crippen molar-refractivity contribution >= 4 is 59.6 Å². The van der Waals surface area contributed by atoms with Crippen molar-refractivity contribution in [3.63, 3.8) is 0 Å². The maximum atomic E-state index is 13.2. The summed E-state index contributed by atoms with van der Waals surface area (Å²) in [6.45, 7) is 10.7. The third-order valence-corrected chi connectivity index (χ3v) is 14.2. The molecule has 3 aliphatic rings. The molecule has 0 saturated carbocycles. The number of nitrogens with zero attached hydrogens (tertiary/aromatic N) is 3. The van der Waals surface area contributed by atoms with Crippen LogP contribution in [0.15, 0.2) is 60.7 Å². The lowest BCUT2D eigenvalue weighted by molar-refractivity contribution is -0.146. The summed E-state index contributed by atoms with van der Waals surface area (Å²) in [5.74, 6) is -3.14. The Bertz CT molecular complexity index is 1950. The van der Waals surface area contributed by atoms with Gasteiger partial charge in [-0.15, -0.1) is 0 Å². The normalized spacial score (nSPS) is 19.9. The molecular weight excluding hydrogens is 885 g/mol. The van der Waals surface area contributed by atoms with E-state index in [0.717, 1.165) is 56.2 Å². The molecule has 0 radical (unpaired) electrons. The average Bonchev–Trinajstić information content (AvgIpc) is 4.14. The van der Waals surface area contributed by atoms with E-state index in [4.69, 9.17) is 5.73 Å². The van der Waals surface area contributed by atoms with Crippen LogP contribution in [0.2, 0.25) is 0 Å². The molecule has 68 heavy (non-hydrogen) atoms. The lowest BCUT2D eigenvalue weighted by Crippen LogP contribution is -2.43. The Hall–Kier alpha value is -4.89. The fourth-order valence-electron chi connectivity index (χ4n) is 9.64. The number of carbonyl (C=O) groups excluding carboxylic acids is 6. The highest BCUT2D eigenvalue weighted by Crippen LogP contribution is 2.29. The van der Waals surface area contributed by atoms with Crippen LogP contribution in [0.1, 0.15) is 129 Å². The standard InChI is InChI=1S/C23H34N2O4.C20H27NO4.C10H17NO2S/c1-17(26)21-11-7-15-25(21)22(27)19(10-5-6-14-24)16-20(23(28)29)13-12-18-8-3-2-4-9-18;1-14(19(23)21-12-6-9-18(21)15(2)22)13-17(20(24)25)11-10-16-7-4-3-5-8-16;1-7(6-14)10(13)11-5-3-4-9(11)8(2)12/h2-4,8-9,19-21H,5-7,10-16,24H2,1H3,(H,28,29);3-5,7-8,14,17-18H,6,9-13H2,1-2H3,(H,24,25);7,9,14H,3-6H2,1-2H3. The van der Waals surface area contributed by atoms with E-state index in [1.165, 1.54) is 13.8 Å². The van der Waals surface area contributed by atoms with Crippen molar-refractivity contribution in [2.75, 3.05) is 31.9 Å². The van der Waals surface area contributed by atoms with Crippen LogP contribution in [0.3, 0.4) is 0 Å². The molecule has 5 rings (SSSR count). The zero-order valence-corrected chi connectivity index (χ0v) is 42.0. The minimum Gasteiger partial charge on any atom is -0.481 e. The molecule has 3 fully saturated rings. The summed E-state index contributed by atoms with van der Waals surface area (Å²) in [5.41, 5.74) is 7.80. The van der Waals surface area contributed by atoms with Gasteiger partial charge < -0.3 is 30.6 Å². The molecule has 0 aromatic heterocycles. The predicted octanol–water partition coefficient (Wildman–Crippen LogP) is 7.09. The van der Waals surface area contributed by atoms with Gasteiger partial charge in [0.2, 0.25) is 17.7 Å². The third-order valence-electron chi connectivity index (χ3n) is 13.6. The van der Waals surface area contributed by atoms with Crippen LogP contribution in [0.4, 0.5) is 0 Å². The van der Waals surface area contributed by atoms with Crippen molar-refractivity contribution < 1.29 is 48.6 Å². The van der Waals surface area contributed by atoms with Gasteiger partial charge in [0, 0.05) is 43.1 Å². The number of likely N-dealkylation sites (tertiary alicyclic amines) is 3. The van der Waals surface area contributed by atoms with E-state index in [-0.39, 0.29) is 65.0 Å². The van der Waals surface area contributed by atoms with E-state index < -0.39 is 29.7 Å². The maximum absolute atomic E-state index is 13.2. The van der Waals surface area contributed by atoms with Gasteiger partial charge in [-0.25, -0.2) is 0 Å². The van der Waals surface area contributed by atoms with E-state index in [2.05, 4.69) is 12.6 Å². The zero-order valence-electron chi connectivity index (χ0n) is 41.1. The highest BCUT2D eigenvalue weighted by Gasteiger charge is 2.38. The number of unbranched alkanes of at least 4 members (excludes halogenated alkanes) is 1. The Labute approximate surface area is 409 Å². The molecule has 0 spiro atoms. The summed E-state index contributed by atoms with van der Waals surface area (Å²) in [7, 11) is 0. The molecule has 4 N–H and O–H groups in total. The number of Topliss-reactive ketones (excluding diaryl/α,β-unsaturated/α-hetero) is 3. The quantitative estimate of drug-likeness (QED) is 0.0652. The van der Waals surface area contributed by atoms with Crippen LogP contribution < -0.4 is 5.73 Å². The number of hydrogen-bond acceptors (Lipinski definition) is 10. The lowest BCUT2D eigenvalue weighted by atomic mass is 9.86. The summed E-state index contributed by atoms with van der Waals surface area (Å²) in [4.78, 5) is 101. The fraction of sp³-hybridized carbons (Fsp3) is 0.623. The number of benzene rings is 2. The van der Waals surface area contributed by atoms with E-state index in [1.807, 2.05) is 67.6 Å². The average molecular weight is 963 g/mol. The van der Waals surface area contributed by atoms with Crippen LogP contribution in [0.5, 0.6) is 0 Å². The lowest BCUT2D eigenvalue weighted by Gasteiger charge is -2.29. The Morgan fingerprint density at radius 2 is 0.941 bits per heavy atom. The van der Waals surface area contributed by atoms with Crippen LogP contribution in [-0.4, -0.2) is 122 Å². The number of nitrogens with two attached hydrogens (primary N) is 1. The maximum Gasteiger partial charge on any atom is 0.306 e. The second-order valence-electron chi connectivity index (χ2n) is 19.0. The third kappa shape index (κ3) is 18.2. The molecule has 8 atom stereocenters. The van der Waals surface area contributed by atoms with Crippen molar-refractivity contribution in [2.24, 2.45) is 35.3 Å². The molecule has 3 amide bonds. The first-order chi connectivity index (χ1) is 32.4. The number of rotatable bonds is 23. The molecule has 0 bridgehead atoms. The molecule has 3 saturated heterocycles. The van der Waals surface area contributed by atoms with Gasteiger partial charge in [0.1, 0.15) is 0 Å². The Kier molecular flexibility index (Phi) is 25.2. The van der Waals surface area contributed by atoms with Crippen LogP contribution >= 0.6 is 12.6 Å². The van der Waals surface area contributed by atoms with E-state index >= 15 is 0 Å². The number of amides is 3. The van der Waals surface area contributed by atoms with E-state index in [1.54, 1.807) is 28.5 Å². The Morgan fingerprint density at radius 1 is 0.559 bits per heavy atom. The number of carbonyl (C=O) groups is 8. The zero-order chi connectivity index (χ0) is 50.3. The molecule has 2 aromatic carbocycles. The summed E-state index contributed by atoms with van der Waals surface area (Å²) >= 11 is 4.10. The minimum absolute atomic E-state index is 0.00965. The highest BCUT2D eigenvalue weighted by molar-refractivity contribution is 7.80. The number of aliphatic carboxylic acids is 2. The second-order valence-corrected chi connectivity index (χ2v) is 19.3. The van der Waals surface area contributed by atoms with Crippen molar-refractivity contribution in [2.45, 2.75) is 149 Å². The summed E-state index contributed by atoms with van der Waals surface area (Å²) in [6, 6.07) is 18.7. The number of carboxylic acid groups (broad SMARTS) is 2. The molecule has 15 heteroatoms. The fourth-order valence-corrected chi connectivity index (χ4v) is 9.80. The summed E-state index contributed by atoms with van der Waals surface area (Å²) in [6.07, 6.45) is 10.0. The molecule has 0 aliphatic carbocycles. The van der Waals surface area contributed by atoms with Gasteiger partial charge in [0.05, 0.1) is 30.0 Å². The van der Waals surface area contributed by atoms with E-state index in [9.17, 15) is 48.6 Å². The smallest absolute Gasteiger partial charge is 0.306 e. The number of hydrogen-bond donors (Lipinski definition) is 4. The van der Waals surface area contributed by atoms with Crippen LogP contribution in [0.25, 0.3) is 0 Å². The molecule has 3 heterocycles. The van der Waals surface area contributed by atoms with Crippen molar-refractivity contribution in [1.29, 1.82) is 0 Å². The molecule has 2 aromatic rings. The predicted molar refractivity (Wildman–Crippen MR) is 266 cm³/mol. The summed E-state index contributed by atoms with van der Waals surface area (Å²) in [5, 5.41) is 19.3. The summed E-state index contributed by atoms with van der Waals surface area (Å²) < 4.78 is 0. The second kappa shape index (κ2) is 29.9. The van der Waals surface area contributed by atoms with Gasteiger partial charge in [0.25, 0.3) is 0 Å². The monoisotopic (exact) mass is 963 g/mol. The topological polar surface area (TPSA) is 213 Å². The van der Waals surface area contributed by atoms with E-state index in [0.29, 0.717) is 83.2 Å². The first-order valence-electron chi connectivity index (χ1n) is 24.7. The van der Waals surface area contributed by atoms with Gasteiger partial charge in [0.15, 0.2) is 17.3 Å². The number of carboxylic acids is 2. The molecular formula is C53H78N4O10S. The first kappa shape index (κ1) is 57.4. The van der Waals surface area contributed by atoms with Crippen molar-refractivity contribution in [1.82, 2.24) is 14.7 Å². The molecule has 3 aliphatic heterocycles. The molecule has 376 valence electrons. The van der Waals surface area contributed by atoms with Crippen molar-refractivity contribution in [3.8, 4) is 0 Å². The minimum atomic E-state index is -0.861. The Morgan fingerprint density at radius 3 is 1.31 bits per heavy atom. The number of ketones is 3. The van der Waals surface area contributed by atoms with Gasteiger partial charge >= 0.3 is 11.9 Å². The molecule has 8 unspecified atom stereocenters. The van der Waals surface area contributed by atoms with Gasteiger partial charge in [-0.2, -0.15) is 12.6 Å². The van der Waals surface area contributed by atoms with Crippen molar-refractivity contribution in [3.05, 3.63) is 71.8 Å². The SMILES string of the molecule is CC(=O)C1CCCN1C(=O)C(C)CC(CCc1ccccc1)C(=O)O.CC(=O)C1CCCN1C(=O)C(C)CS.CC(=O)C1CCCN1C(=O)C(CCCCN)CC(CCc1ccccc1)C(=O)O. The van der Waals surface area contributed by atoms with Gasteiger partial charge in [-0.3, -0.25) is 38.4 Å². The number of thiol groups is 1. The first-order valence-corrected chi connectivity index (χ1v) is 25.3. The molecule has 14 nitrogen and oxygen atoms in total. The highest BCUT2D eigenvalue weighted by atomic mass is 32.1. The van der Waals surface area contributed by atoms with Crippen LogP contribution in [0, 0.1) is 29.6 Å². The van der Waals surface area contributed by atoms with Gasteiger partial charge in [-0.05, 0) is 128 Å².